The van der Waals surface area contributed by atoms with Gasteiger partial charge in [0.15, 0.2) is 0 Å². The minimum atomic E-state index is -1.08. The van der Waals surface area contributed by atoms with Gasteiger partial charge < -0.3 is 5.11 Å². The van der Waals surface area contributed by atoms with Gasteiger partial charge in [-0.25, -0.2) is 4.79 Å². The van der Waals surface area contributed by atoms with E-state index < -0.39 is 10.9 Å². The van der Waals surface area contributed by atoms with Gasteiger partial charge in [0.2, 0.25) is 0 Å². The average Bonchev–Trinajstić information content (AvgIpc) is 2.99. The van der Waals surface area contributed by atoms with E-state index in [0.29, 0.717) is 16.8 Å². The molecule has 1 aromatic carbocycles. The van der Waals surface area contributed by atoms with E-state index in [1.807, 2.05) is 0 Å². The summed E-state index contributed by atoms with van der Waals surface area (Å²) < 4.78 is 0. The van der Waals surface area contributed by atoms with Crippen LogP contribution in [0.25, 0.3) is 10.9 Å². The third-order valence-corrected chi connectivity index (χ3v) is 4.03. The zero-order chi connectivity index (χ0) is 15.0. The number of aromatic carboxylic acids is 1. The molecule has 1 aromatic heterocycles. The Morgan fingerprint density at radius 2 is 2.00 bits per heavy atom. The summed E-state index contributed by atoms with van der Waals surface area (Å²) in [4.78, 5) is 26.3. The first kappa shape index (κ1) is 13.5. The molecule has 6 heteroatoms. The number of fused-ring (bicyclic) bond motifs is 1. The number of rotatable bonds is 3. The van der Waals surface area contributed by atoms with Crippen molar-refractivity contribution in [3.8, 4) is 0 Å². The number of nitro groups is 1. The molecule has 0 bridgehead atoms. The van der Waals surface area contributed by atoms with Crippen molar-refractivity contribution in [2.24, 2.45) is 0 Å². The number of nitrogens with zero attached hydrogens (tertiary/aromatic N) is 2. The molecule has 0 atom stereocenters. The highest BCUT2D eigenvalue weighted by atomic mass is 16.6. The van der Waals surface area contributed by atoms with Crippen LogP contribution < -0.4 is 0 Å². The number of pyridine rings is 1. The molecule has 1 heterocycles. The number of carboxylic acids is 1. The second kappa shape index (κ2) is 5.12. The largest absolute Gasteiger partial charge is 0.478 e. The Kier molecular flexibility index (Phi) is 3.29. The van der Waals surface area contributed by atoms with Crippen LogP contribution in [0, 0.1) is 10.1 Å². The first-order valence-corrected chi connectivity index (χ1v) is 6.88. The van der Waals surface area contributed by atoms with Crippen LogP contribution in [-0.4, -0.2) is 21.0 Å². The zero-order valence-electron chi connectivity index (χ0n) is 11.3. The van der Waals surface area contributed by atoms with Gasteiger partial charge in [-0.05, 0) is 25.0 Å². The monoisotopic (exact) mass is 286 g/mol. The molecule has 1 aliphatic carbocycles. The van der Waals surface area contributed by atoms with Crippen molar-refractivity contribution in [1.29, 1.82) is 0 Å². The summed E-state index contributed by atoms with van der Waals surface area (Å²) in [5, 5.41) is 20.5. The minimum Gasteiger partial charge on any atom is -0.478 e. The highest BCUT2D eigenvalue weighted by Gasteiger charge is 2.22. The van der Waals surface area contributed by atoms with Crippen molar-refractivity contribution in [1.82, 2.24) is 4.98 Å². The highest BCUT2D eigenvalue weighted by Crippen LogP contribution is 2.35. The fourth-order valence-electron chi connectivity index (χ4n) is 2.96. The van der Waals surface area contributed by atoms with Crippen LogP contribution in [0.15, 0.2) is 24.3 Å². The Balaban J connectivity index is 2.20. The van der Waals surface area contributed by atoms with Crippen molar-refractivity contribution in [3.63, 3.8) is 0 Å². The topological polar surface area (TPSA) is 93.3 Å². The summed E-state index contributed by atoms with van der Waals surface area (Å²) >= 11 is 0. The maximum absolute atomic E-state index is 11.5. The number of non-ortho nitro benzene ring substituents is 1. The Morgan fingerprint density at radius 1 is 1.29 bits per heavy atom. The second-order valence-corrected chi connectivity index (χ2v) is 5.34. The number of hydrogen-bond donors (Lipinski definition) is 1. The number of carbonyl (C=O) groups is 1. The van der Waals surface area contributed by atoms with E-state index in [1.54, 1.807) is 6.07 Å². The number of carboxylic acid groups (broad SMARTS) is 1. The van der Waals surface area contributed by atoms with Crippen LogP contribution in [0.5, 0.6) is 0 Å². The third kappa shape index (κ3) is 2.44. The lowest BCUT2D eigenvalue weighted by molar-refractivity contribution is -0.384. The molecule has 21 heavy (non-hydrogen) atoms. The van der Waals surface area contributed by atoms with Gasteiger partial charge in [-0.1, -0.05) is 12.8 Å². The van der Waals surface area contributed by atoms with E-state index in [-0.39, 0.29) is 11.3 Å². The molecule has 0 radical (unpaired) electrons. The van der Waals surface area contributed by atoms with Crippen LogP contribution in [0.1, 0.15) is 47.7 Å². The normalized spacial score (nSPS) is 15.4. The molecule has 0 amide bonds. The van der Waals surface area contributed by atoms with Gasteiger partial charge in [0, 0.05) is 29.1 Å². The molecule has 2 aromatic rings. The number of hydrogen-bond acceptors (Lipinski definition) is 4. The molecule has 108 valence electrons. The molecule has 1 saturated carbocycles. The van der Waals surface area contributed by atoms with E-state index in [1.165, 1.54) is 18.2 Å². The van der Waals surface area contributed by atoms with E-state index >= 15 is 0 Å². The summed E-state index contributed by atoms with van der Waals surface area (Å²) in [5.74, 6) is -0.787. The molecule has 1 fully saturated rings. The third-order valence-electron chi connectivity index (χ3n) is 4.03. The quantitative estimate of drug-likeness (QED) is 0.688. The zero-order valence-corrected chi connectivity index (χ0v) is 11.3. The summed E-state index contributed by atoms with van der Waals surface area (Å²) in [7, 11) is 0. The highest BCUT2D eigenvalue weighted by molar-refractivity contribution is 6.03. The Labute approximate surface area is 120 Å². The molecule has 6 nitrogen and oxygen atoms in total. The first-order chi connectivity index (χ1) is 10.1. The lowest BCUT2D eigenvalue weighted by Gasteiger charge is -2.11. The Bertz CT molecular complexity index is 736. The van der Waals surface area contributed by atoms with E-state index in [4.69, 9.17) is 0 Å². The summed E-state index contributed by atoms with van der Waals surface area (Å²) in [5.41, 5.74) is 1.25. The summed E-state index contributed by atoms with van der Waals surface area (Å²) in [6, 6.07) is 5.74. The standard InChI is InChI=1S/C15H14N2O4/c18-15(19)12-8-14(9-3-1-2-4-9)16-13-6-5-10(17(20)21)7-11(12)13/h5-9H,1-4H2,(H,18,19). The van der Waals surface area contributed by atoms with Crippen molar-refractivity contribution in [2.45, 2.75) is 31.6 Å². The molecule has 0 unspecified atom stereocenters. The first-order valence-electron chi connectivity index (χ1n) is 6.88. The fraction of sp³-hybridized carbons (Fsp3) is 0.333. The second-order valence-electron chi connectivity index (χ2n) is 5.34. The maximum Gasteiger partial charge on any atom is 0.336 e. The van der Waals surface area contributed by atoms with Crippen molar-refractivity contribution in [3.05, 3.63) is 45.6 Å². The average molecular weight is 286 g/mol. The SMILES string of the molecule is O=C(O)c1cc(C2CCCC2)nc2ccc([N+](=O)[O-])cc12. The molecule has 0 spiro atoms. The van der Waals surface area contributed by atoms with E-state index in [9.17, 15) is 20.0 Å². The van der Waals surface area contributed by atoms with Gasteiger partial charge in [-0.3, -0.25) is 15.1 Å². The predicted octanol–water partition coefficient (Wildman–Crippen LogP) is 3.50. The van der Waals surface area contributed by atoms with Gasteiger partial charge in [-0.2, -0.15) is 0 Å². The maximum atomic E-state index is 11.5. The van der Waals surface area contributed by atoms with Crippen LogP contribution >= 0.6 is 0 Å². The lowest BCUT2D eigenvalue weighted by atomic mass is 9.99. The molecule has 1 N–H and O–H groups in total. The predicted molar refractivity (Wildman–Crippen MR) is 76.6 cm³/mol. The van der Waals surface area contributed by atoms with Crippen LogP contribution in [-0.2, 0) is 0 Å². The lowest BCUT2D eigenvalue weighted by Crippen LogP contribution is -2.04. The Hall–Kier alpha value is -2.50. The number of nitro benzene ring substituents is 1. The van der Waals surface area contributed by atoms with Crippen molar-refractivity contribution >= 4 is 22.6 Å². The molecular formula is C15H14N2O4. The number of benzene rings is 1. The van der Waals surface area contributed by atoms with Crippen molar-refractivity contribution in [2.75, 3.05) is 0 Å². The van der Waals surface area contributed by atoms with Gasteiger partial charge in [-0.15, -0.1) is 0 Å². The van der Waals surface area contributed by atoms with E-state index in [0.717, 1.165) is 31.4 Å². The van der Waals surface area contributed by atoms with Gasteiger partial charge in [0.1, 0.15) is 0 Å². The molecule has 1 aliphatic rings. The van der Waals surface area contributed by atoms with Gasteiger partial charge in [0.05, 0.1) is 16.0 Å². The fourth-order valence-corrected chi connectivity index (χ4v) is 2.96. The molecule has 3 rings (SSSR count). The van der Waals surface area contributed by atoms with Crippen LogP contribution in [0.2, 0.25) is 0 Å². The summed E-state index contributed by atoms with van der Waals surface area (Å²) in [6.07, 6.45) is 4.30. The Morgan fingerprint density at radius 3 is 2.62 bits per heavy atom. The van der Waals surface area contributed by atoms with Crippen LogP contribution in [0.4, 0.5) is 5.69 Å². The molecule has 0 saturated heterocycles. The summed E-state index contributed by atoms with van der Waals surface area (Å²) in [6.45, 7) is 0. The van der Waals surface area contributed by atoms with E-state index in [2.05, 4.69) is 4.98 Å². The minimum absolute atomic E-state index is 0.0885. The van der Waals surface area contributed by atoms with Gasteiger partial charge in [0.25, 0.3) is 5.69 Å². The van der Waals surface area contributed by atoms with Crippen molar-refractivity contribution < 1.29 is 14.8 Å². The smallest absolute Gasteiger partial charge is 0.336 e. The molecular weight excluding hydrogens is 272 g/mol. The number of aromatic nitrogens is 1. The van der Waals surface area contributed by atoms with Crippen LogP contribution in [0.3, 0.4) is 0 Å². The molecule has 0 aliphatic heterocycles. The van der Waals surface area contributed by atoms with Gasteiger partial charge >= 0.3 is 5.97 Å².